The van der Waals surface area contributed by atoms with Crippen LogP contribution in [0.1, 0.15) is 57.9 Å². The summed E-state index contributed by atoms with van der Waals surface area (Å²) in [6.45, 7) is 10.6. The maximum absolute atomic E-state index is 5.48. The van der Waals surface area contributed by atoms with Crippen molar-refractivity contribution in [1.82, 2.24) is 5.32 Å². The van der Waals surface area contributed by atoms with Crippen LogP contribution in [0.4, 0.5) is 5.69 Å². The van der Waals surface area contributed by atoms with E-state index >= 15 is 0 Å². The molecule has 1 aromatic carbocycles. The highest BCUT2D eigenvalue weighted by molar-refractivity contribution is 7.80. The molecular formula is C19H32N3S+. The normalized spacial score (nSPS) is 22.4. The highest BCUT2D eigenvalue weighted by atomic mass is 32.1. The lowest BCUT2D eigenvalue weighted by molar-refractivity contribution is -0.905. The Bertz CT molecular complexity index is 478. The van der Waals surface area contributed by atoms with Crippen molar-refractivity contribution in [2.75, 3.05) is 25.0 Å². The van der Waals surface area contributed by atoms with E-state index in [1.165, 1.54) is 50.9 Å². The van der Waals surface area contributed by atoms with Gasteiger partial charge in [-0.1, -0.05) is 32.9 Å². The lowest BCUT2D eigenvalue weighted by Crippen LogP contribution is -3.13. The number of anilines is 1. The molecule has 1 aliphatic rings. The molecule has 0 radical (unpaired) electrons. The fourth-order valence-electron chi connectivity index (χ4n) is 3.26. The maximum Gasteiger partial charge on any atom is 0.171 e. The molecule has 1 saturated heterocycles. The molecule has 3 N–H and O–H groups in total. The van der Waals surface area contributed by atoms with Crippen LogP contribution in [-0.4, -0.2) is 30.8 Å². The van der Waals surface area contributed by atoms with E-state index in [0.29, 0.717) is 12.0 Å². The molecule has 4 heteroatoms. The van der Waals surface area contributed by atoms with Crippen LogP contribution in [0.25, 0.3) is 0 Å². The van der Waals surface area contributed by atoms with Gasteiger partial charge in [-0.05, 0) is 48.7 Å². The first kappa shape index (κ1) is 18.2. The molecule has 1 aliphatic heterocycles. The third kappa shape index (κ3) is 5.78. The minimum atomic E-state index is 0.523. The Morgan fingerprint density at radius 2 is 1.87 bits per heavy atom. The van der Waals surface area contributed by atoms with Gasteiger partial charge in [-0.25, -0.2) is 0 Å². The predicted octanol–water partition coefficient (Wildman–Crippen LogP) is 2.94. The summed E-state index contributed by atoms with van der Waals surface area (Å²) in [5.74, 6) is 0.616. The van der Waals surface area contributed by atoms with Crippen molar-refractivity contribution in [3.63, 3.8) is 0 Å². The van der Waals surface area contributed by atoms with E-state index in [2.05, 4.69) is 55.7 Å². The van der Waals surface area contributed by atoms with Gasteiger partial charge in [0, 0.05) is 24.6 Å². The zero-order valence-electron chi connectivity index (χ0n) is 14.8. The van der Waals surface area contributed by atoms with E-state index < -0.39 is 0 Å². The molecule has 0 aromatic heterocycles. The lowest BCUT2D eigenvalue weighted by atomic mass is 9.99. The van der Waals surface area contributed by atoms with Crippen molar-refractivity contribution in [2.24, 2.45) is 0 Å². The minimum Gasteiger partial charge on any atom is -0.359 e. The smallest absolute Gasteiger partial charge is 0.171 e. The zero-order valence-corrected chi connectivity index (χ0v) is 15.6. The number of hydrogen-bond acceptors (Lipinski definition) is 1. The van der Waals surface area contributed by atoms with Crippen molar-refractivity contribution in [3.8, 4) is 0 Å². The van der Waals surface area contributed by atoms with E-state index in [9.17, 15) is 0 Å². The van der Waals surface area contributed by atoms with E-state index in [1.807, 2.05) is 0 Å². The van der Waals surface area contributed by atoms with Crippen molar-refractivity contribution in [3.05, 3.63) is 29.8 Å². The summed E-state index contributed by atoms with van der Waals surface area (Å²) >= 11 is 5.48. The highest BCUT2D eigenvalue weighted by Gasteiger charge is 2.21. The number of piperidine rings is 1. The fourth-order valence-corrected chi connectivity index (χ4v) is 3.54. The van der Waals surface area contributed by atoms with Crippen LogP contribution in [0.5, 0.6) is 0 Å². The van der Waals surface area contributed by atoms with E-state index in [1.54, 1.807) is 4.90 Å². The first-order valence-electron chi connectivity index (χ1n) is 9.13. The van der Waals surface area contributed by atoms with Crippen LogP contribution in [-0.2, 0) is 0 Å². The zero-order chi connectivity index (χ0) is 16.7. The lowest BCUT2D eigenvalue weighted by Gasteiger charge is -2.30. The number of likely N-dealkylation sites (tertiary alicyclic amines) is 1. The molecule has 0 unspecified atom stereocenters. The van der Waals surface area contributed by atoms with Crippen molar-refractivity contribution >= 4 is 23.0 Å². The summed E-state index contributed by atoms with van der Waals surface area (Å²) in [7, 11) is 0. The fraction of sp³-hybridized carbons (Fsp3) is 0.632. The first-order chi connectivity index (χ1) is 11.1. The van der Waals surface area contributed by atoms with E-state index in [0.717, 1.165) is 10.8 Å². The van der Waals surface area contributed by atoms with Crippen molar-refractivity contribution in [2.45, 2.75) is 58.4 Å². The Kier molecular flexibility index (Phi) is 7.31. The molecule has 1 heterocycles. The highest BCUT2D eigenvalue weighted by Crippen LogP contribution is 2.20. The molecule has 23 heavy (non-hydrogen) atoms. The third-order valence-electron chi connectivity index (χ3n) is 4.98. The topological polar surface area (TPSA) is 28.5 Å². The van der Waals surface area contributed by atoms with Gasteiger partial charge in [-0.3, -0.25) is 0 Å². The first-order valence-corrected chi connectivity index (χ1v) is 9.54. The molecule has 0 bridgehead atoms. The molecule has 0 amide bonds. The molecule has 0 spiro atoms. The molecule has 0 aliphatic carbocycles. The van der Waals surface area contributed by atoms with Crippen LogP contribution >= 0.6 is 12.2 Å². The molecule has 0 saturated carbocycles. The van der Waals surface area contributed by atoms with E-state index in [-0.39, 0.29) is 0 Å². The molecule has 2 rings (SSSR count). The Morgan fingerprint density at radius 1 is 1.22 bits per heavy atom. The second-order valence-corrected chi connectivity index (χ2v) is 7.21. The molecule has 3 nitrogen and oxygen atoms in total. The van der Waals surface area contributed by atoms with Gasteiger partial charge < -0.3 is 15.5 Å². The summed E-state index contributed by atoms with van der Waals surface area (Å²) in [6, 6.07) is 9.18. The van der Waals surface area contributed by atoms with Crippen LogP contribution < -0.4 is 15.5 Å². The van der Waals surface area contributed by atoms with Crippen LogP contribution in [0.3, 0.4) is 0 Å². The average molecular weight is 335 g/mol. The Morgan fingerprint density at radius 3 is 2.43 bits per heavy atom. The van der Waals surface area contributed by atoms with Gasteiger partial charge in [-0.15, -0.1) is 0 Å². The quantitative estimate of drug-likeness (QED) is 0.699. The minimum absolute atomic E-state index is 0.523. The maximum atomic E-state index is 5.48. The second kappa shape index (κ2) is 9.24. The number of hydrogen-bond donors (Lipinski definition) is 3. The Hall–Kier alpha value is -1.13. The van der Waals surface area contributed by atoms with Crippen LogP contribution in [0.2, 0.25) is 0 Å². The molecular weight excluding hydrogens is 302 g/mol. The SMILES string of the molecule is CCC[NH+]1CCC(NC(=S)Nc2ccc([C@H](C)CC)cc2)CC1. The van der Waals surface area contributed by atoms with E-state index in [4.69, 9.17) is 12.2 Å². The predicted molar refractivity (Wildman–Crippen MR) is 103 cm³/mol. The van der Waals surface area contributed by atoms with Gasteiger partial charge in [0.2, 0.25) is 0 Å². The summed E-state index contributed by atoms with van der Waals surface area (Å²) in [5, 5.41) is 7.56. The number of thiocarbonyl (C=S) groups is 1. The summed E-state index contributed by atoms with van der Waals surface area (Å²) in [5.41, 5.74) is 2.46. The van der Waals surface area contributed by atoms with Crippen molar-refractivity contribution < 1.29 is 4.90 Å². The molecule has 1 aromatic rings. The molecule has 1 fully saturated rings. The largest absolute Gasteiger partial charge is 0.359 e. The van der Waals surface area contributed by atoms with Gasteiger partial charge >= 0.3 is 0 Å². The molecule has 1 atom stereocenters. The third-order valence-corrected chi connectivity index (χ3v) is 5.20. The van der Waals surface area contributed by atoms with Crippen molar-refractivity contribution in [1.29, 1.82) is 0 Å². The summed E-state index contributed by atoms with van der Waals surface area (Å²) in [6.07, 6.45) is 4.87. The number of rotatable bonds is 6. The van der Waals surface area contributed by atoms with Gasteiger partial charge in [-0.2, -0.15) is 0 Å². The van der Waals surface area contributed by atoms with Gasteiger partial charge in [0.15, 0.2) is 5.11 Å². The van der Waals surface area contributed by atoms with Crippen LogP contribution in [0, 0.1) is 0 Å². The summed E-state index contributed by atoms with van der Waals surface area (Å²) in [4.78, 5) is 1.74. The number of benzene rings is 1. The summed E-state index contributed by atoms with van der Waals surface area (Å²) < 4.78 is 0. The standard InChI is InChI=1S/C19H31N3S/c1-4-12-22-13-10-18(11-14-22)21-19(23)20-17-8-6-16(7-9-17)15(3)5-2/h6-9,15,18H,4-5,10-14H2,1-3H3,(H2,20,21,23)/p+1/t15-/m1/s1. The Labute approximate surface area is 146 Å². The van der Waals surface area contributed by atoms with Gasteiger partial charge in [0.1, 0.15) is 0 Å². The second-order valence-electron chi connectivity index (χ2n) is 6.80. The number of nitrogens with one attached hydrogen (secondary N) is 3. The average Bonchev–Trinajstić information content (AvgIpc) is 2.57. The Balaban J connectivity index is 1.77. The monoisotopic (exact) mass is 334 g/mol. The van der Waals surface area contributed by atoms with Crippen LogP contribution in [0.15, 0.2) is 24.3 Å². The van der Waals surface area contributed by atoms with Gasteiger partial charge in [0.05, 0.1) is 19.6 Å². The van der Waals surface area contributed by atoms with Gasteiger partial charge in [0.25, 0.3) is 0 Å². The number of quaternary nitrogens is 1. The molecule has 128 valence electrons.